The van der Waals surface area contributed by atoms with E-state index in [1.54, 1.807) is 0 Å². The number of nitrogens with zero attached hydrogens (tertiary/aromatic N) is 2. The molecule has 0 radical (unpaired) electrons. The van der Waals surface area contributed by atoms with Crippen LogP contribution in [-0.4, -0.2) is 16.9 Å². The average Bonchev–Trinajstić information content (AvgIpc) is 2.89. The second-order valence-electron chi connectivity index (χ2n) is 4.16. The topological polar surface area (TPSA) is 57.3 Å². The van der Waals surface area contributed by atoms with Crippen LogP contribution in [-0.2, 0) is 0 Å². The summed E-state index contributed by atoms with van der Waals surface area (Å²) in [6.07, 6.45) is -0.0536. The maximum Gasteiger partial charge on any atom is 0.444 e. The Labute approximate surface area is 115 Å². The van der Waals surface area contributed by atoms with Crippen LogP contribution in [0.2, 0.25) is 0 Å². The normalized spacial score (nSPS) is 10.4. The minimum atomic E-state index is -0.575. The maximum atomic E-state index is 11.6. The van der Waals surface area contributed by atoms with Crippen LogP contribution in [0, 0.1) is 0 Å². The zero-order chi connectivity index (χ0) is 13.9. The van der Waals surface area contributed by atoms with Crippen LogP contribution in [0.25, 0.3) is 16.8 Å². The molecule has 0 saturated heterocycles. The molecule has 20 heavy (non-hydrogen) atoms. The van der Waals surface area contributed by atoms with Gasteiger partial charge in [0.15, 0.2) is 0 Å². The Kier molecular flexibility index (Phi) is 3.09. The summed E-state index contributed by atoms with van der Waals surface area (Å²) in [7, 11) is 1.40. The Morgan fingerprint density at radius 1 is 1.00 bits per heavy atom. The van der Waals surface area contributed by atoms with Gasteiger partial charge in [-0.25, -0.2) is 4.79 Å². The van der Waals surface area contributed by atoms with Gasteiger partial charge in [-0.05, 0) is 23.3 Å². The van der Waals surface area contributed by atoms with Crippen molar-refractivity contribution < 1.29 is 9.15 Å². The predicted molar refractivity (Wildman–Crippen MR) is 74.1 cm³/mol. The van der Waals surface area contributed by atoms with Crippen LogP contribution in [0.3, 0.4) is 0 Å². The Hall–Kier alpha value is -2.82. The Morgan fingerprint density at radius 2 is 1.65 bits per heavy atom. The molecule has 3 rings (SSSR count). The van der Waals surface area contributed by atoms with Crippen molar-refractivity contribution in [2.75, 3.05) is 7.11 Å². The maximum absolute atomic E-state index is 11.6. The van der Waals surface area contributed by atoms with Gasteiger partial charge in [0.2, 0.25) is 0 Å². The zero-order valence-electron chi connectivity index (χ0n) is 10.8. The first kappa shape index (κ1) is 12.2. The molecule has 100 valence electrons. The van der Waals surface area contributed by atoms with Gasteiger partial charge in [-0.1, -0.05) is 47.6 Å². The van der Waals surface area contributed by atoms with E-state index < -0.39 is 5.76 Å². The minimum Gasteiger partial charge on any atom is -0.452 e. The second kappa shape index (κ2) is 5.05. The van der Waals surface area contributed by atoms with E-state index in [-0.39, 0.29) is 6.08 Å². The van der Waals surface area contributed by atoms with Crippen molar-refractivity contribution >= 4 is 0 Å². The highest BCUT2D eigenvalue weighted by Gasteiger charge is 2.09. The first-order valence-corrected chi connectivity index (χ1v) is 6.08. The molecule has 5 heteroatoms. The largest absolute Gasteiger partial charge is 0.452 e. The van der Waals surface area contributed by atoms with Crippen molar-refractivity contribution in [3.05, 3.63) is 65.1 Å². The quantitative estimate of drug-likeness (QED) is 0.732. The predicted octanol–water partition coefficient (Wildman–Crippen LogP) is 2.50. The molecule has 0 saturated carbocycles. The van der Waals surface area contributed by atoms with Crippen LogP contribution in [0.4, 0.5) is 0 Å². The smallest absolute Gasteiger partial charge is 0.444 e. The number of benzene rings is 2. The van der Waals surface area contributed by atoms with E-state index in [4.69, 9.17) is 9.15 Å². The summed E-state index contributed by atoms with van der Waals surface area (Å²) in [6.45, 7) is 0. The third-order valence-corrected chi connectivity index (χ3v) is 2.92. The number of hydrogen-bond acceptors (Lipinski definition) is 4. The molecule has 0 N–H and O–H groups in total. The van der Waals surface area contributed by atoms with E-state index >= 15 is 0 Å². The van der Waals surface area contributed by atoms with Crippen molar-refractivity contribution in [3.63, 3.8) is 0 Å². The fourth-order valence-electron chi connectivity index (χ4n) is 1.93. The second-order valence-corrected chi connectivity index (χ2v) is 4.16. The fraction of sp³-hybridized carbons (Fsp3) is 0.0667. The van der Waals surface area contributed by atoms with Gasteiger partial charge in [-0.15, -0.1) is 0 Å². The van der Waals surface area contributed by atoms with E-state index in [0.29, 0.717) is 5.69 Å². The summed E-state index contributed by atoms with van der Waals surface area (Å²) < 4.78 is 10.8. The molecular formula is C15H12N2O3. The molecule has 3 aromatic rings. The molecule has 1 aromatic heterocycles. The van der Waals surface area contributed by atoms with Gasteiger partial charge in [0, 0.05) is 0 Å². The van der Waals surface area contributed by atoms with Gasteiger partial charge in [0.05, 0.1) is 12.8 Å². The molecule has 0 aliphatic rings. The number of aromatic nitrogens is 2. The minimum absolute atomic E-state index is 0.0536. The lowest BCUT2D eigenvalue weighted by Crippen LogP contribution is -2.13. The van der Waals surface area contributed by atoms with Crippen molar-refractivity contribution in [1.29, 1.82) is 0 Å². The summed E-state index contributed by atoms with van der Waals surface area (Å²) in [4.78, 5) is 11.6. The standard InChI is InChI=1S/C15H12N2O3/c1-19-14-16-17(15(18)20-14)13-9-7-12(8-10-13)11-5-3-2-4-6-11/h2-10H,1H3. The number of hydrogen-bond donors (Lipinski definition) is 0. The van der Waals surface area contributed by atoms with Gasteiger partial charge in [0.25, 0.3) is 0 Å². The first-order valence-electron chi connectivity index (χ1n) is 6.08. The van der Waals surface area contributed by atoms with Gasteiger partial charge < -0.3 is 9.15 Å². The average molecular weight is 268 g/mol. The summed E-state index contributed by atoms with van der Waals surface area (Å²) in [5, 5.41) is 3.92. The lowest BCUT2D eigenvalue weighted by Gasteiger charge is -2.03. The van der Waals surface area contributed by atoms with E-state index in [1.165, 1.54) is 7.11 Å². The Morgan fingerprint density at radius 3 is 2.25 bits per heavy atom. The van der Waals surface area contributed by atoms with Crippen LogP contribution < -0.4 is 10.5 Å². The molecular weight excluding hydrogens is 256 g/mol. The summed E-state index contributed by atoms with van der Waals surface area (Å²) >= 11 is 0. The molecule has 0 aliphatic carbocycles. The molecule has 0 amide bonds. The van der Waals surface area contributed by atoms with Gasteiger partial charge >= 0.3 is 11.8 Å². The molecule has 1 heterocycles. The van der Waals surface area contributed by atoms with Crippen LogP contribution in [0.1, 0.15) is 0 Å². The van der Waals surface area contributed by atoms with Crippen LogP contribution in [0.5, 0.6) is 6.08 Å². The lowest BCUT2D eigenvalue weighted by atomic mass is 10.1. The van der Waals surface area contributed by atoms with Crippen LogP contribution >= 0.6 is 0 Å². The molecule has 2 aromatic carbocycles. The van der Waals surface area contributed by atoms with E-state index in [1.807, 2.05) is 54.6 Å². The molecule has 0 atom stereocenters. The molecule has 0 spiro atoms. The highest BCUT2D eigenvalue weighted by atomic mass is 16.6. The zero-order valence-corrected chi connectivity index (χ0v) is 10.8. The van der Waals surface area contributed by atoms with Gasteiger partial charge in [0.1, 0.15) is 0 Å². The van der Waals surface area contributed by atoms with Gasteiger partial charge in [-0.2, -0.15) is 4.68 Å². The number of ether oxygens (including phenoxy) is 1. The van der Waals surface area contributed by atoms with E-state index in [9.17, 15) is 4.79 Å². The highest BCUT2D eigenvalue weighted by molar-refractivity contribution is 5.64. The van der Waals surface area contributed by atoms with E-state index in [0.717, 1.165) is 15.8 Å². The molecule has 0 fully saturated rings. The third kappa shape index (κ3) is 2.21. The highest BCUT2D eigenvalue weighted by Crippen LogP contribution is 2.20. The summed E-state index contributed by atoms with van der Waals surface area (Å²) in [6, 6.07) is 17.5. The SMILES string of the molecule is COc1nn(-c2ccc(-c3ccccc3)cc2)c(=O)o1. The molecule has 0 unspecified atom stereocenters. The first-order chi connectivity index (χ1) is 9.78. The Balaban J connectivity index is 1.97. The molecule has 5 nitrogen and oxygen atoms in total. The van der Waals surface area contributed by atoms with Crippen molar-refractivity contribution in [3.8, 4) is 22.9 Å². The van der Waals surface area contributed by atoms with Crippen molar-refractivity contribution in [2.45, 2.75) is 0 Å². The fourth-order valence-corrected chi connectivity index (χ4v) is 1.93. The number of methoxy groups -OCH3 is 1. The summed E-state index contributed by atoms with van der Waals surface area (Å²) in [5.74, 6) is -0.575. The lowest BCUT2D eigenvalue weighted by molar-refractivity contribution is 0.282. The third-order valence-electron chi connectivity index (χ3n) is 2.92. The monoisotopic (exact) mass is 268 g/mol. The number of rotatable bonds is 3. The molecule has 0 aliphatic heterocycles. The van der Waals surface area contributed by atoms with Crippen LogP contribution in [0.15, 0.2) is 63.8 Å². The van der Waals surface area contributed by atoms with Gasteiger partial charge in [-0.3, -0.25) is 0 Å². The van der Waals surface area contributed by atoms with Crippen molar-refractivity contribution in [2.24, 2.45) is 0 Å². The Bertz CT molecular complexity index is 758. The van der Waals surface area contributed by atoms with E-state index in [2.05, 4.69) is 5.10 Å². The summed E-state index contributed by atoms with van der Waals surface area (Å²) in [5.41, 5.74) is 2.81. The van der Waals surface area contributed by atoms with Crippen molar-refractivity contribution in [1.82, 2.24) is 9.78 Å². The molecule has 0 bridgehead atoms.